The molecule has 3 rings (SSSR count). The van der Waals surface area contributed by atoms with Crippen LogP contribution in [0.25, 0.3) is 10.2 Å². The van der Waals surface area contributed by atoms with Gasteiger partial charge in [-0.15, -0.1) is 0 Å². The van der Waals surface area contributed by atoms with Gasteiger partial charge in [-0.1, -0.05) is 17.4 Å². The number of hydrogen-bond donors (Lipinski definition) is 2. The van der Waals surface area contributed by atoms with E-state index in [9.17, 15) is 9.59 Å². The molecule has 2 aromatic carbocycles. The maximum Gasteiger partial charge on any atom is 0.224 e. The largest absolute Gasteiger partial charge is 0.493 e. The molecule has 3 aromatic rings. The van der Waals surface area contributed by atoms with Crippen molar-refractivity contribution in [1.82, 2.24) is 4.98 Å². The average molecular weight is 399 g/mol. The highest BCUT2D eigenvalue weighted by Crippen LogP contribution is 2.29. The van der Waals surface area contributed by atoms with Crippen molar-refractivity contribution in [3.05, 3.63) is 42.0 Å². The summed E-state index contributed by atoms with van der Waals surface area (Å²) < 4.78 is 11.4. The topological polar surface area (TPSA) is 89.5 Å². The fourth-order valence-corrected chi connectivity index (χ4v) is 3.68. The van der Waals surface area contributed by atoms with Gasteiger partial charge in [0, 0.05) is 19.0 Å². The molecule has 0 bridgehead atoms. The van der Waals surface area contributed by atoms with Gasteiger partial charge in [0.05, 0.1) is 24.4 Å². The second-order valence-corrected chi connectivity index (χ2v) is 7.15. The Morgan fingerprint density at radius 2 is 1.82 bits per heavy atom. The van der Waals surface area contributed by atoms with Crippen molar-refractivity contribution in [3.63, 3.8) is 0 Å². The van der Waals surface area contributed by atoms with Crippen LogP contribution in [0.3, 0.4) is 0 Å². The molecule has 146 valence electrons. The van der Waals surface area contributed by atoms with Gasteiger partial charge in [-0.2, -0.15) is 0 Å². The molecule has 0 saturated carbocycles. The number of fused-ring (bicyclic) bond motifs is 1. The molecular formula is C20H21N3O4S. The first-order valence-corrected chi connectivity index (χ1v) is 9.49. The predicted molar refractivity (Wildman–Crippen MR) is 110 cm³/mol. The average Bonchev–Trinajstić information content (AvgIpc) is 3.06. The number of hydrogen-bond acceptors (Lipinski definition) is 6. The van der Waals surface area contributed by atoms with Crippen LogP contribution in [0.1, 0.15) is 18.9 Å². The van der Waals surface area contributed by atoms with Gasteiger partial charge in [-0.05, 0) is 42.3 Å². The molecule has 2 N–H and O–H groups in total. The zero-order chi connectivity index (χ0) is 20.1. The molecule has 7 nitrogen and oxygen atoms in total. The van der Waals surface area contributed by atoms with Crippen LogP contribution >= 0.6 is 11.3 Å². The van der Waals surface area contributed by atoms with E-state index in [0.717, 1.165) is 15.8 Å². The van der Waals surface area contributed by atoms with Crippen molar-refractivity contribution >= 4 is 44.2 Å². The minimum Gasteiger partial charge on any atom is -0.493 e. The first kappa shape index (κ1) is 19.6. The van der Waals surface area contributed by atoms with Crippen molar-refractivity contribution in [2.45, 2.75) is 19.8 Å². The summed E-state index contributed by atoms with van der Waals surface area (Å²) in [5.74, 6) is 1.06. The Morgan fingerprint density at radius 1 is 1.04 bits per heavy atom. The number of anilines is 2. The van der Waals surface area contributed by atoms with Crippen molar-refractivity contribution in [2.24, 2.45) is 0 Å². The van der Waals surface area contributed by atoms with Gasteiger partial charge in [0.2, 0.25) is 11.8 Å². The molecule has 0 aliphatic carbocycles. The summed E-state index contributed by atoms with van der Waals surface area (Å²) in [5, 5.41) is 6.12. The van der Waals surface area contributed by atoms with Crippen LogP contribution in [-0.2, 0) is 16.0 Å². The molecule has 0 aliphatic rings. The van der Waals surface area contributed by atoms with E-state index in [-0.39, 0.29) is 11.8 Å². The van der Waals surface area contributed by atoms with Crippen molar-refractivity contribution < 1.29 is 19.1 Å². The smallest absolute Gasteiger partial charge is 0.224 e. The van der Waals surface area contributed by atoms with E-state index >= 15 is 0 Å². The number of nitrogens with one attached hydrogen (secondary N) is 2. The van der Waals surface area contributed by atoms with Gasteiger partial charge in [-0.25, -0.2) is 4.98 Å². The fourth-order valence-electron chi connectivity index (χ4n) is 2.72. The zero-order valence-electron chi connectivity index (χ0n) is 15.9. The van der Waals surface area contributed by atoms with Crippen molar-refractivity contribution in [3.8, 4) is 11.5 Å². The van der Waals surface area contributed by atoms with E-state index in [4.69, 9.17) is 9.47 Å². The first-order valence-electron chi connectivity index (χ1n) is 8.67. The molecule has 0 fully saturated rings. The standard InChI is InChI=1S/C20H21N3O4S/c1-12(24)21-20-23-15-7-6-14(11-18(15)28-20)22-19(25)9-5-13-4-8-16(26-2)17(10-13)27-3/h4,6-8,10-11H,5,9H2,1-3H3,(H,22,25)(H,21,23,24). The monoisotopic (exact) mass is 399 g/mol. The molecule has 28 heavy (non-hydrogen) atoms. The summed E-state index contributed by atoms with van der Waals surface area (Å²) in [6.45, 7) is 1.44. The SMILES string of the molecule is COc1ccc(CCC(=O)Nc2ccc3nc(NC(C)=O)sc3c2)cc1OC. The number of aromatic nitrogens is 1. The number of amides is 2. The Kier molecular flexibility index (Phi) is 6.10. The minimum atomic E-state index is -0.164. The third kappa shape index (κ3) is 4.77. The Labute approximate surface area is 166 Å². The van der Waals surface area contributed by atoms with Crippen molar-refractivity contribution in [1.29, 1.82) is 0 Å². The van der Waals surface area contributed by atoms with Gasteiger partial charge < -0.3 is 20.1 Å². The fraction of sp³-hybridized carbons (Fsp3) is 0.250. The van der Waals surface area contributed by atoms with Gasteiger partial charge in [0.1, 0.15) is 0 Å². The summed E-state index contributed by atoms with van der Waals surface area (Å²) in [6, 6.07) is 11.1. The number of rotatable bonds is 7. The number of aryl methyl sites for hydroxylation is 1. The van der Waals surface area contributed by atoms with Crippen LogP contribution < -0.4 is 20.1 Å². The van der Waals surface area contributed by atoms with Crippen molar-refractivity contribution in [2.75, 3.05) is 24.9 Å². The minimum absolute atomic E-state index is 0.0827. The van der Waals surface area contributed by atoms with Crippen LogP contribution in [0.5, 0.6) is 11.5 Å². The number of ether oxygens (including phenoxy) is 2. The maximum atomic E-state index is 12.3. The van der Waals surface area contributed by atoms with E-state index in [1.54, 1.807) is 20.3 Å². The Balaban J connectivity index is 1.62. The Morgan fingerprint density at radius 3 is 2.54 bits per heavy atom. The predicted octanol–water partition coefficient (Wildman–Crippen LogP) is 3.84. The second kappa shape index (κ2) is 8.71. The number of thiazole rings is 1. The summed E-state index contributed by atoms with van der Waals surface area (Å²) in [5.41, 5.74) is 2.46. The molecule has 0 saturated heterocycles. The van der Waals surface area contributed by atoms with Crippen LogP contribution in [-0.4, -0.2) is 31.0 Å². The molecule has 2 amide bonds. The second-order valence-electron chi connectivity index (χ2n) is 6.12. The lowest BCUT2D eigenvalue weighted by atomic mass is 10.1. The third-order valence-electron chi connectivity index (χ3n) is 4.04. The Bertz CT molecular complexity index is 1020. The third-order valence-corrected chi connectivity index (χ3v) is 4.98. The van der Waals surface area contributed by atoms with Crippen LogP contribution in [0, 0.1) is 0 Å². The number of carbonyl (C=O) groups excluding carboxylic acids is 2. The van der Waals surface area contributed by atoms with Gasteiger partial charge in [-0.3, -0.25) is 9.59 Å². The summed E-state index contributed by atoms with van der Waals surface area (Å²) >= 11 is 1.36. The van der Waals surface area contributed by atoms with E-state index < -0.39 is 0 Å². The first-order chi connectivity index (χ1) is 13.5. The number of methoxy groups -OCH3 is 2. The van der Waals surface area contributed by atoms with Crippen LogP contribution in [0.4, 0.5) is 10.8 Å². The molecule has 0 radical (unpaired) electrons. The highest BCUT2D eigenvalue weighted by molar-refractivity contribution is 7.22. The molecule has 1 aromatic heterocycles. The lowest BCUT2D eigenvalue weighted by Crippen LogP contribution is -2.12. The molecule has 8 heteroatoms. The van der Waals surface area contributed by atoms with E-state index in [2.05, 4.69) is 15.6 Å². The lowest BCUT2D eigenvalue weighted by Gasteiger charge is -2.10. The van der Waals surface area contributed by atoms with E-state index in [1.165, 1.54) is 18.3 Å². The summed E-state index contributed by atoms with van der Waals surface area (Å²) in [4.78, 5) is 27.8. The van der Waals surface area contributed by atoms with E-state index in [1.807, 2.05) is 30.3 Å². The summed E-state index contributed by atoms with van der Waals surface area (Å²) in [6.07, 6.45) is 0.926. The Hall–Kier alpha value is -3.13. The van der Waals surface area contributed by atoms with Crippen LogP contribution in [0.2, 0.25) is 0 Å². The number of carbonyl (C=O) groups is 2. The normalized spacial score (nSPS) is 10.5. The quantitative estimate of drug-likeness (QED) is 0.630. The molecule has 0 atom stereocenters. The van der Waals surface area contributed by atoms with E-state index in [0.29, 0.717) is 35.2 Å². The number of benzene rings is 2. The molecule has 1 heterocycles. The molecule has 0 spiro atoms. The highest BCUT2D eigenvalue weighted by Gasteiger charge is 2.09. The maximum absolute atomic E-state index is 12.3. The van der Waals surface area contributed by atoms with Gasteiger partial charge in [0.15, 0.2) is 16.6 Å². The van der Waals surface area contributed by atoms with Gasteiger partial charge in [0.25, 0.3) is 0 Å². The summed E-state index contributed by atoms with van der Waals surface area (Å²) in [7, 11) is 3.17. The van der Waals surface area contributed by atoms with Crippen LogP contribution in [0.15, 0.2) is 36.4 Å². The zero-order valence-corrected chi connectivity index (χ0v) is 16.7. The number of nitrogens with zero attached hydrogens (tertiary/aromatic N) is 1. The highest BCUT2D eigenvalue weighted by atomic mass is 32.1. The lowest BCUT2D eigenvalue weighted by molar-refractivity contribution is -0.116. The van der Waals surface area contributed by atoms with Gasteiger partial charge >= 0.3 is 0 Å². The molecule has 0 aliphatic heterocycles. The molecular weight excluding hydrogens is 378 g/mol. The molecule has 0 unspecified atom stereocenters.